The molecule has 2 rings (SSSR count). The van der Waals surface area contributed by atoms with E-state index >= 15 is 0 Å². The third-order valence-corrected chi connectivity index (χ3v) is 3.21. The van der Waals surface area contributed by atoms with Crippen LogP contribution in [0.1, 0.15) is 12.0 Å². The largest absolute Gasteiger partial charge is 0.492 e. The Labute approximate surface area is 86.6 Å². The monoisotopic (exact) mass is 212 g/mol. The molecule has 1 unspecified atom stereocenters. The number of fused-ring (bicyclic) bond motifs is 1. The van der Waals surface area contributed by atoms with Crippen LogP contribution in [0.25, 0.3) is 0 Å². The van der Waals surface area contributed by atoms with Gasteiger partial charge in [0.15, 0.2) is 0 Å². The quantitative estimate of drug-likeness (QED) is 0.666. The van der Waals surface area contributed by atoms with Gasteiger partial charge in [0, 0.05) is 10.9 Å². The smallest absolute Gasteiger partial charge is 0.312 e. The van der Waals surface area contributed by atoms with Gasteiger partial charge < -0.3 is 9.47 Å². The van der Waals surface area contributed by atoms with Crippen molar-refractivity contribution in [2.24, 2.45) is 5.92 Å². The molecule has 76 valence electrons. The molecule has 4 heteroatoms. The van der Waals surface area contributed by atoms with E-state index in [2.05, 4.69) is 5.38 Å². The average Bonchev–Trinajstić information content (AvgIpc) is 2.56. The summed E-state index contributed by atoms with van der Waals surface area (Å²) in [6, 6.07) is 0. The van der Waals surface area contributed by atoms with Crippen molar-refractivity contribution in [1.82, 2.24) is 0 Å². The van der Waals surface area contributed by atoms with Crippen molar-refractivity contribution >= 4 is 17.3 Å². The zero-order valence-corrected chi connectivity index (χ0v) is 8.80. The second kappa shape index (κ2) is 4.00. The van der Waals surface area contributed by atoms with Gasteiger partial charge >= 0.3 is 5.97 Å². The molecule has 2 heterocycles. The summed E-state index contributed by atoms with van der Waals surface area (Å²) in [4.78, 5) is 11.3. The summed E-state index contributed by atoms with van der Waals surface area (Å²) in [6.07, 6.45) is 1.72. The summed E-state index contributed by atoms with van der Waals surface area (Å²) < 4.78 is 10.2. The molecule has 3 nitrogen and oxygen atoms in total. The molecule has 0 spiro atoms. The Balaban J connectivity index is 2.06. The summed E-state index contributed by atoms with van der Waals surface area (Å²) in [7, 11) is 1.42. The van der Waals surface area contributed by atoms with Gasteiger partial charge in [-0.25, -0.2) is 0 Å². The molecule has 0 N–H and O–H groups in total. The average molecular weight is 212 g/mol. The summed E-state index contributed by atoms with van der Waals surface area (Å²) in [5.74, 6) is 0.651. The van der Waals surface area contributed by atoms with Gasteiger partial charge in [0.2, 0.25) is 0 Å². The van der Waals surface area contributed by atoms with Crippen molar-refractivity contribution in [1.29, 1.82) is 0 Å². The Morgan fingerprint density at radius 2 is 2.50 bits per heavy atom. The predicted octanol–water partition coefficient (Wildman–Crippen LogP) is 1.86. The van der Waals surface area contributed by atoms with E-state index in [1.165, 1.54) is 12.7 Å². The van der Waals surface area contributed by atoms with Gasteiger partial charge in [-0.1, -0.05) is 0 Å². The summed E-state index contributed by atoms with van der Waals surface area (Å²) >= 11 is 1.64. The fourth-order valence-corrected chi connectivity index (χ4v) is 2.39. The topological polar surface area (TPSA) is 35.5 Å². The Kier molecular flexibility index (Phi) is 2.72. The van der Waals surface area contributed by atoms with Gasteiger partial charge in [-0.15, -0.1) is 11.3 Å². The third-order valence-electron chi connectivity index (χ3n) is 2.44. The van der Waals surface area contributed by atoms with E-state index in [1.54, 1.807) is 11.3 Å². The summed E-state index contributed by atoms with van der Waals surface area (Å²) in [5.41, 5.74) is 1.21. The molecule has 1 aliphatic heterocycles. The standard InChI is InChI=1S/C10H12O3S/c1-12-10(11)7-2-3-8-5-14-6-9(8)13-4-7/h5-7H,2-4H2,1H3. The van der Waals surface area contributed by atoms with Gasteiger partial charge in [-0.05, 0) is 18.2 Å². The highest BCUT2D eigenvalue weighted by atomic mass is 32.1. The number of ether oxygens (including phenoxy) is 2. The number of methoxy groups -OCH3 is 1. The van der Waals surface area contributed by atoms with E-state index < -0.39 is 0 Å². The van der Waals surface area contributed by atoms with Crippen molar-refractivity contribution in [2.75, 3.05) is 13.7 Å². The fourth-order valence-electron chi connectivity index (χ4n) is 1.58. The minimum absolute atomic E-state index is 0.114. The van der Waals surface area contributed by atoms with Crippen LogP contribution < -0.4 is 4.74 Å². The van der Waals surface area contributed by atoms with E-state index in [-0.39, 0.29) is 11.9 Å². The maximum atomic E-state index is 11.3. The minimum atomic E-state index is -0.168. The van der Waals surface area contributed by atoms with Crippen LogP contribution in [0.4, 0.5) is 0 Å². The second-order valence-electron chi connectivity index (χ2n) is 3.33. The highest BCUT2D eigenvalue weighted by Gasteiger charge is 2.24. The minimum Gasteiger partial charge on any atom is -0.492 e. The Hall–Kier alpha value is -1.03. The predicted molar refractivity (Wildman–Crippen MR) is 53.6 cm³/mol. The zero-order chi connectivity index (χ0) is 9.97. The first-order valence-corrected chi connectivity index (χ1v) is 5.51. The summed E-state index contributed by atoms with van der Waals surface area (Å²) in [6.45, 7) is 0.441. The molecular weight excluding hydrogens is 200 g/mol. The molecule has 0 saturated carbocycles. The van der Waals surface area contributed by atoms with Crippen LogP contribution in [0.3, 0.4) is 0 Å². The van der Waals surface area contributed by atoms with Crippen molar-refractivity contribution in [3.63, 3.8) is 0 Å². The first kappa shape index (κ1) is 9.52. The molecule has 0 aromatic carbocycles. The van der Waals surface area contributed by atoms with E-state index in [4.69, 9.17) is 9.47 Å². The molecular formula is C10H12O3S. The zero-order valence-electron chi connectivity index (χ0n) is 7.99. The lowest BCUT2D eigenvalue weighted by atomic mass is 10.0. The van der Waals surface area contributed by atoms with E-state index in [0.29, 0.717) is 6.61 Å². The van der Waals surface area contributed by atoms with Gasteiger partial charge in [-0.2, -0.15) is 0 Å². The molecule has 0 bridgehead atoms. The van der Waals surface area contributed by atoms with Crippen molar-refractivity contribution in [3.05, 3.63) is 16.3 Å². The maximum absolute atomic E-state index is 11.3. The number of hydrogen-bond acceptors (Lipinski definition) is 4. The number of esters is 1. The lowest BCUT2D eigenvalue weighted by Gasteiger charge is -2.10. The van der Waals surface area contributed by atoms with Gasteiger partial charge in [-0.3, -0.25) is 4.79 Å². The summed E-state index contributed by atoms with van der Waals surface area (Å²) in [5, 5.41) is 4.06. The number of thiophene rings is 1. The van der Waals surface area contributed by atoms with Crippen LogP contribution in [0.5, 0.6) is 5.75 Å². The SMILES string of the molecule is COC(=O)C1CCc2cscc2OC1. The molecule has 0 amide bonds. The maximum Gasteiger partial charge on any atom is 0.312 e. The molecule has 0 radical (unpaired) electrons. The van der Waals surface area contributed by atoms with Crippen LogP contribution in [-0.4, -0.2) is 19.7 Å². The molecule has 1 atom stereocenters. The molecule has 1 aromatic heterocycles. The van der Waals surface area contributed by atoms with Crippen molar-refractivity contribution < 1.29 is 14.3 Å². The number of aryl methyl sites for hydroxylation is 1. The number of hydrogen-bond donors (Lipinski definition) is 0. The molecule has 0 saturated heterocycles. The molecule has 1 aromatic rings. The Bertz CT molecular complexity index is 309. The van der Waals surface area contributed by atoms with Crippen LogP contribution in [0.15, 0.2) is 10.8 Å². The first-order valence-electron chi connectivity index (χ1n) is 4.57. The molecule has 0 fully saturated rings. The third kappa shape index (κ3) is 1.75. The van der Waals surface area contributed by atoms with E-state index in [0.717, 1.165) is 18.6 Å². The highest BCUT2D eigenvalue weighted by Crippen LogP contribution is 2.29. The van der Waals surface area contributed by atoms with Crippen LogP contribution in [0.2, 0.25) is 0 Å². The number of rotatable bonds is 1. The van der Waals surface area contributed by atoms with Gasteiger partial charge in [0.05, 0.1) is 13.0 Å². The number of carbonyl (C=O) groups excluding carboxylic acids is 1. The van der Waals surface area contributed by atoms with E-state index in [1.807, 2.05) is 5.38 Å². The fraction of sp³-hybridized carbons (Fsp3) is 0.500. The Morgan fingerprint density at radius 1 is 1.64 bits per heavy atom. The van der Waals surface area contributed by atoms with Gasteiger partial charge in [0.1, 0.15) is 12.4 Å². The van der Waals surface area contributed by atoms with Crippen LogP contribution in [0, 0.1) is 5.92 Å². The highest BCUT2D eigenvalue weighted by molar-refractivity contribution is 7.08. The van der Waals surface area contributed by atoms with Crippen molar-refractivity contribution in [3.8, 4) is 5.75 Å². The van der Waals surface area contributed by atoms with E-state index in [9.17, 15) is 4.79 Å². The number of carbonyl (C=O) groups is 1. The second-order valence-corrected chi connectivity index (χ2v) is 4.07. The van der Waals surface area contributed by atoms with Crippen LogP contribution >= 0.6 is 11.3 Å². The Morgan fingerprint density at radius 3 is 3.29 bits per heavy atom. The molecule has 1 aliphatic rings. The normalized spacial score (nSPS) is 20.5. The van der Waals surface area contributed by atoms with Crippen molar-refractivity contribution in [2.45, 2.75) is 12.8 Å². The molecule has 14 heavy (non-hydrogen) atoms. The molecule has 0 aliphatic carbocycles. The lowest BCUT2D eigenvalue weighted by molar-refractivity contribution is -0.146. The lowest BCUT2D eigenvalue weighted by Crippen LogP contribution is -2.22. The van der Waals surface area contributed by atoms with Crippen LogP contribution in [-0.2, 0) is 16.0 Å². The first-order chi connectivity index (χ1) is 6.81. The van der Waals surface area contributed by atoms with Gasteiger partial charge in [0.25, 0.3) is 0 Å².